The lowest BCUT2D eigenvalue weighted by Gasteiger charge is -2.16. The molecule has 0 aliphatic rings. The number of carbonyl (C=O) groups excluding carboxylic acids is 1. The molecule has 1 aromatic heterocycles. The fourth-order valence-electron chi connectivity index (χ4n) is 1.84. The van der Waals surface area contributed by atoms with Gasteiger partial charge in [0.25, 0.3) is 0 Å². The van der Waals surface area contributed by atoms with E-state index in [2.05, 4.69) is 10.3 Å². The second-order valence-electron chi connectivity index (χ2n) is 4.36. The van der Waals surface area contributed by atoms with E-state index in [1.807, 2.05) is 31.2 Å². The second kappa shape index (κ2) is 5.56. The monoisotopic (exact) mass is 258 g/mol. The molecule has 0 radical (unpaired) electrons. The Bertz CT molecular complexity index is 597. The van der Waals surface area contributed by atoms with Crippen LogP contribution in [-0.4, -0.2) is 35.9 Å². The lowest BCUT2D eigenvalue weighted by atomic mass is 10.1. The largest absolute Gasteiger partial charge is 0.397 e. The number of nitrogen functional groups attached to an aromatic ring is 1. The third kappa shape index (κ3) is 2.76. The molecule has 0 spiro atoms. The van der Waals surface area contributed by atoms with Crippen molar-refractivity contribution >= 4 is 28.2 Å². The number of carbonyl (C=O) groups is 1. The number of nitrogens with one attached hydrogen (secondary N) is 1. The van der Waals surface area contributed by atoms with Crippen LogP contribution in [0.2, 0.25) is 0 Å². The molecule has 0 saturated carbocycles. The summed E-state index contributed by atoms with van der Waals surface area (Å²) in [5.74, 6) is 0.0522. The van der Waals surface area contributed by atoms with Gasteiger partial charge in [-0.2, -0.15) is 0 Å². The van der Waals surface area contributed by atoms with E-state index in [4.69, 9.17) is 5.73 Å². The minimum Gasteiger partial charge on any atom is -0.397 e. The lowest BCUT2D eigenvalue weighted by Crippen LogP contribution is -2.31. The minimum absolute atomic E-state index is 0.0522. The number of aromatic nitrogens is 1. The van der Waals surface area contributed by atoms with E-state index in [0.717, 1.165) is 16.6 Å². The summed E-state index contributed by atoms with van der Waals surface area (Å²) >= 11 is 0. The van der Waals surface area contributed by atoms with Crippen molar-refractivity contribution in [3.63, 3.8) is 0 Å². The third-order valence-corrected chi connectivity index (χ3v) is 3.13. The predicted molar refractivity (Wildman–Crippen MR) is 78.0 cm³/mol. The van der Waals surface area contributed by atoms with E-state index < -0.39 is 0 Å². The number of benzene rings is 1. The Morgan fingerprint density at radius 1 is 1.42 bits per heavy atom. The van der Waals surface area contributed by atoms with Crippen LogP contribution in [0.5, 0.6) is 0 Å². The Labute approximate surface area is 112 Å². The number of hydrogen-bond donors (Lipinski definition) is 2. The van der Waals surface area contributed by atoms with Crippen LogP contribution in [0.15, 0.2) is 30.5 Å². The first-order chi connectivity index (χ1) is 9.13. The Morgan fingerprint density at radius 3 is 2.95 bits per heavy atom. The van der Waals surface area contributed by atoms with Gasteiger partial charge >= 0.3 is 0 Å². The Hall–Kier alpha value is -2.30. The van der Waals surface area contributed by atoms with Gasteiger partial charge in [-0.3, -0.25) is 9.78 Å². The molecular weight excluding hydrogens is 240 g/mol. The van der Waals surface area contributed by atoms with Gasteiger partial charge in [-0.1, -0.05) is 12.1 Å². The Morgan fingerprint density at radius 2 is 2.21 bits per heavy atom. The summed E-state index contributed by atoms with van der Waals surface area (Å²) in [6, 6.07) is 7.48. The third-order valence-electron chi connectivity index (χ3n) is 3.13. The first-order valence-electron chi connectivity index (χ1n) is 6.24. The maximum absolute atomic E-state index is 11.8. The summed E-state index contributed by atoms with van der Waals surface area (Å²) in [5.41, 5.74) is 8.15. The van der Waals surface area contributed by atoms with Gasteiger partial charge in [0.2, 0.25) is 5.91 Å². The molecule has 3 N–H and O–H groups in total. The van der Waals surface area contributed by atoms with Gasteiger partial charge < -0.3 is 16.0 Å². The molecular formula is C14H18N4O. The van der Waals surface area contributed by atoms with Crippen molar-refractivity contribution in [1.82, 2.24) is 9.88 Å². The number of nitrogens with two attached hydrogens (primary N) is 1. The molecule has 1 aromatic carbocycles. The summed E-state index contributed by atoms with van der Waals surface area (Å²) < 4.78 is 0. The number of para-hydroxylation sites is 1. The first kappa shape index (κ1) is 13.1. The number of likely N-dealkylation sites (N-methyl/N-ethyl adjacent to an activating group) is 1. The molecule has 0 aliphatic carbocycles. The van der Waals surface area contributed by atoms with Gasteiger partial charge in [0.15, 0.2) is 0 Å². The van der Waals surface area contributed by atoms with Gasteiger partial charge in [-0.25, -0.2) is 0 Å². The lowest BCUT2D eigenvalue weighted by molar-refractivity contribution is -0.127. The number of nitrogens with zero attached hydrogens (tertiary/aromatic N) is 2. The van der Waals surface area contributed by atoms with Gasteiger partial charge in [0.1, 0.15) is 0 Å². The van der Waals surface area contributed by atoms with Gasteiger partial charge in [0, 0.05) is 30.9 Å². The Balaban J connectivity index is 2.22. The molecule has 1 amide bonds. The van der Waals surface area contributed by atoms with Crippen LogP contribution in [-0.2, 0) is 4.79 Å². The van der Waals surface area contributed by atoms with E-state index in [9.17, 15) is 4.79 Å². The molecule has 2 aromatic rings. The fourth-order valence-corrected chi connectivity index (χ4v) is 1.84. The van der Waals surface area contributed by atoms with Crippen molar-refractivity contribution in [2.45, 2.75) is 6.92 Å². The van der Waals surface area contributed by atoms with Crippen molar-refractivity contribution in [3.05, 3.63) is 30.5 Å². The average Bonchev–Trinajstić information content (AvgIpc) is 2.44. The molecule has 0 bridgehead atoms. The normalized spacial score (nSPS) is 10.4. The van der Waals surface area contributed by atoms with Gasteiger partial charge in [0.05, 0.1) is 17.7 Å². The molecule has 0 aliphatic heterocycles. The smallest absolute Gasteiger partial charge is 0.241 e. The number of amides is 1. The predicted octanol–water partition coefficient (Wildman–Crippen LogP) is 1.71. The van der Waals surface area contributed by atoms with Crippen LogP contribution in [0.4, 0.5) is 11.4 Å². The highest BCUT2D eigenvalue weighted by Crippen LogP contribution is 2.25. The van der Waals surface area contributed by atoms with Crippen LogP contribution in [0.3, 0.4) is 0 Å². The standard InChI is InChI=1S/C14H18N4O/c1-3-18(2)13(19)9-17-12-7-8-16-14-10(12)5-4-6-11(14)15/h4-8H,3,9,15H2,1-2H3,(H,16,17). The number of rotatable bonds is 4. The number of fused-ring (bicyclic) bond motifs is 1. The van der Waals surface area contributed by atoms with E-state index in [-0.39, 0.29) is 12.5 Å². The van der Waals surface area contributed by atoms with E-state index in [1.54, 1.807) is 18.1 Å². The van der Waals surface area contributed by atoms with Crippen molar-refractivity contribution < 1.29 is 4.79 Å². The van der Waals surface area contributed by atoms with Gasteiger partial charge in [-0.05, 0) is 19.1 Å². The SMILES string of the molecule is CCN(C)C(=O)CNc1ccnc2c(N)cccc12. The van der Waals surface area contributed by atoms with Crippen LogP contribution in [0.1, 0.15) is 6.92 Å². The summed E-state index contributed by atoms with van der Waals surface area (Å²) in [7, 11) is 1.78. The van der Waals surface area contributed by atoms with Crippen molar-refractivity contribution in [2.24, 2.45) is 0 Å². The molecule has 0 atom stereocenters. The quantitative estimate of drug-likeness (QED) is 0.819. The zero-order chi connectivity index (χ0) is 13.8. The topological polar surface area (TPSA) is 71.2 Å². The molecule has 0 unspecified atom stereocenters. The van der Waals surface area contributed by atoms with E-state index in [1.165, 1.54) is 0 Å². The molecule has 100 valence electrons. The summed E-state index contributed by atoms with van der Waals surface area (Å²) in [6.07, 6.45) is 1.69. The molecule has 5 heteroatoms. The number of pyridine rings is 1. The van der Waals surface area contributed by atoms with Crippen molar-refractivity contribution in [1.29, 1.82) is 0 Å². The van der Waals surface area contributed by atoms with Crippen molar-refractivity contribution in [3.8, 4) is 0 Å². The zero-order valence-electron chi connectivity index (χ0n) is 11.2. The second-order valence-corrected chi connectivity index (χ2v) is 4.36. The minimum atomic E-state index is 0.0522. The molecule has 1 heterocycles. The highest BCUT2D eigenvalue weighted by molar-refractivity contribution is 5.98. The zero-order valence-corrected chi connectivity index (χ0v) is 11.2. The molecule has 5 nitrogen and oxygen atoms in total. The van der Waals surface area contributed by atoms with Crippen LogP contribution in [0.25, 0.3) is 10.9 Å². The van der Waals surface area contributed by atoms with Gasteiger partial charge in [-0.15, -0.1) is 0 Å². The van der Waals surface area contributed by atoms with E-state index in [0.29, 0.717) is 12.2 Å². The maximum atomic E-state index is 11.8. The highest BCUT2D eigenvalue weighted by Gasteiger charge is 2.08. The van der Waals surface area contributed by atoms with E-state index >= 15 is 0 Å². The average molecular weight is 258 g/mol. The molecule has 0 saturated heterocycles. The fraction of sp³-hybridized carbons (Fsp3) is 0.286. The van der Waals surface area contributed by atoms with Crippen LogP contribution < -0.4 is 11.1 Å². The van der Waals surface area contributed by atoms with Crippen molar-refractivity contribution in [2.75, 3.05) is 31.2 Å². The summed E-state index contributed by atoms with van der Waals surface area (Å²) in [5, 5.41) is 4.07. The number of hydrogen-bond acceptors (Lipinski definition) is 4. The highest BCUT2D eigenvalue weighted by atomic mass is 16.2. The molecule has 0 fully saturated rings. The number of anilines is 2. The molecule has 2 rings (SSSR count). The Kier molecular flexibility index (Phi) is 3.85. The van der Waals surface area contributed by atoms with Crippen LogP contribution >= 0.6 is 0 Å². The summed E-state index contributed by atoms with van der Waals surface area (Å²) in [6.45, 7) is 2.91. The summed E-state index contributed by atoms with van der Waals surface area (Å²) in [4.78, 5) is 17.7. The van der Waals surface area contributed by atoms with Crippen LogP contribution in [0, 0.1) is 0 Å². The first-order valence-corrected chi connectivity index (χ1v) is 6.24. The molecule has 19 heavy (non-hydrogen) atoms. The maximum Gasteiger partial charge on any atom is 0.241 e.